The zero-order valence-corrected chi connectivity index (χ0v) is 15.9. The number of para-hydroxylation sites is 1. The van der Waals surface area contributed by atoms with Gasteiger partial charge in [-0.2, -0.15) is 0 Å². The number of carbonyl (C=O) groups excluding carboxylic acids is 2. The maximum absolute atomic E-state index is 12.4. The second-order valence-electron chi connectivity index (χ2n) is 6.68. The summed E-state index contributed by atoms with van der Waals surface area (Å²) in [5, 5.41) is 2.89. The third kappa shape index (κ3) is 5.45. The third-order valence-corrected chi connectivity index (χ3v) is 4.51. The van der Waals surface area contributed by atoms with Crippen LogP contribution in [0.15, 0.2) is 48.5 Å². The molecule has 2 aromatic carbocycles. The number of ether oxygens (including phenoxy) is 1. The molecule has 1 amide bonds. The molecule has 2 rings (SSSR count). The molecule has 2 atom stereocenters. The van der Waals surface area contributed by atoms with Gasteiger partial charge in [0.15, 0.2) is 6.10 Å². The molecule has 0 aromatic heterocycles. The van der Waals surface area contributed by atoms with Crippen molar-refractivity contribution in [2.75, 3.05) is 5.32 Å². The summed E-state index contributed by atoms with van der Waals surface area (Å²) in [6.45, 7) is 7.81. The van der Waals surface area contributed by atoms with Crippen molar-refractivity contribution >= 4 is 17.6 Å². The predicted molar refractivity (Wildman–Crippen MR) is 104 cm³/mol. The Labute approximate surface area is 155 Å². The first kappa shape index (κ1) is 19.7. The number of nitrogens with one attached hydrogen (secondary N) is 1. The van der Waals surface area contributed by atoms with E-state index in [2.05, 4.69) is 19.2 Å². The number of rotatable bonds is 7. The van der Waals surface area contributed by atoms with E-state index in [1.54, 1.807) is 6.92 Å². The fourth-order valence-electron chi connectivity index (χ4n) is 2.66. The van der Waals surface area contributed by atoms with Crippen LogP contribution in [0.1, 0.15) is 49.8 Å². The van der Waals surface area contributed by atoms with Crippen molar-refractivity contribution in [1.29, 1.82) is 0 Å². The van der Waals surface area contributed by atoms with E-state index in [9.17, 15) is 9.59 Å². The van der Waals surface area contributed by atoms with Crippen molar-refractivity contribution in [3.8, 4) is 0 Å². The highest BCUT2D eigenvalue weighted by Gasteiger charge is 2.19. The van der Waals surface area contributed by atoms with Crippen molar-refractivity contribution in [3.05, 3.63) is 65.2 Å². The van der Waals surface area contributed by atoms with Crippen LogP contribution in [0.4, 0.5) is 5.69 Å². The second-order valence-corrected chi connectivity index (χ2v) is 6.68. The molecular formula is C22H27NO3. The molecule has 0 aliphatic rings. The molecule has 0 aliphatic heterocycles. The summed E-state index contributed by atoms with van der Waals surface area (Å²) in [6.07, 6.45) is 0.285. The van der Waals surface area contributed by atoms with Crippen LogP contribution in [0.2, 0.25) is 0 Å². The largest absolute Gasteiger partial charge is 0.452 e. The van der Waals surface area contributed by atoms with Gasteiger partial charge in [0.1, 0.15) is 0 Å². The number of hydrogen-bond donors (Lipinski definition) is 1. The molecule has 0 saturated heterocycles. The summed E-state index contributed by atoms with van der Waals surface area (Å²) >= 11 is 0. The lowest BCUT2D eigenvalue weighted by Gasteiger charge is -2.18. The van der Waals surface area contributed by atoms with E-state index in [1.807, 2.05) is 55.5 Å². The lowest BCUT2D eigenvalue weighted by atomic mass is 9.97. The van der Waals surface area contributed by atoms with Crippen molar-refractivity contribution in [2.45, 2.75) is 52.6 Å². The van der Waals surface area contributed by atoms with Crippen LogP contribution >= 0.6 is 0 Å². The van der Waals surface area contributed by atoms with E-state index < -0.39 is 12.1 Å². The first-order chi connectivity index (χ1) is 12.4. The second kappa shape index (κ2) is 9.18. The quantitative estimate of drug-likeness (QED) is 0.739. The zero-order chi connectivity index (χ0) is 19.1. The lowest BCUT2D eigenvalue weighted by Crippen LogP contribution is -2.30. The molecule has 0 aliphatic carbocycles. The van der Waals surface area contributed by atoms with Crippen LogP contribution in [0.5, 0.6) is 0 Å². The van der Waals surface area contributed by atoms with Gasteiger partial charge >= 0.3 is 5.97 Å². The van der Waals surface area contributed by atoms with E-state index in [0.717, 1.165) is 28.8 Å². The summed E-state index contributed by atoms with van der Waals surface area (Å²) < 4.78 is 5.29. The summed E-state index contributed by atoms with van der Waals surface area (Å²) in [6, 6.07) is 15.4. The van der Waals surface area contributed by atoms with E-state index >= 15 is 0 Å². The minimum Gasteiger partial charge on any atom is -0.452 e. The van der Waals surface area contributed by atoms with Crippen molar-refractivity contribution < 1.29 is 14.3 Å². The minimum absolute atomic E-state index is 0.154. The molecule has 4 heteroatoms. The van der Waals surface area contributed by atoms with Crippen LogP contribution in [0, 0.1) is 6.92 Å². The maximum atomic E-state index is 12.4. The fraction of sp³-hybridized carbons (Fsp3) is 0.364. The Morgan fingerprint density at radius 2 is 1.69 bits per heavy atom. The Bertz CT molecular complexity index is 752. The number of amides is 1. The molecular weight excluding hydrogens is 326 g/mol. The van der Waals surface area contributed by atoms with Gasteiger partial charge in [0.25, 0.3) is 5.91 Å². The first-order valence-electron chi connectivity index (χ1n) is 9.05. The Morgan fingerprint density at radius 3 is 2.35 bits per heavy atom. The molecule has 2 aromatic rings. The van der Waals surface area contributed by atoms with Crippen molar-refractivity contribution in [2.24, 2.45) is 0 Å². The van der Waals surface area contributed by atoms with Crippen LogP contribution in [-0.2, 0) is 20.7 Å². The molecule has 0 heterocycles. The van der Waals surface area contributed by atoms with Crippen LogP contribution in [-0.4, -0.2) is 18.0 Å². The van der Waals surface area contributed by atoms with Crippen molar-refractivity contribution in [3.63, 3.8) is 0 Å². The number of benzene rings is 2. The Morgan fingerprint density at radius 1 is 1.04 bits per heavy atom. The highest BCUT2D eigenvalue weighted by Crippen LogP contribution is 2.26. The monoisotopic (exact) mass is 353 g/mol. The smallest absolute Gasteiger partial charge is 0.311 e. The summed E-state index contributed by atoms with van der Waals surface area (Å²) in [7, 11) is 0. The molecule has 1 N–H and O–H groups in total. The molecule has 4 nitrogen and oxygen atoms in total. The van der Waals surface area contributed by atoms with Gasteiger partial charge in [0.2, 0.25) is 0 Å². The van der Waals surface area contributed by atoms with Gasteiger partial charge in [0, 0.05) is 5.69 Å². The molecule has 0 spiro atoms. The predicted octanol–water partition coefficient (Wildman–Crippen LogP) is 4.62. The summed E-state index contributed by atoms with van der Waals surface area (Å²) in [4.78, 5) is 24.5. The van der Waals surface area contributed by atoms with Gasteiger partial charge in [-0.1, -0.05) is 61.9 Å². The third-order valence-electron chi connectivity index (χ3n) is 4.51. The summed E-state index contributed by atoms with van der Waals surface area (Å²) in [5.41, 5.74) is 3.86. The highest BCUT2D eigenvalue weighted by atomic mass is 16.5. The van der Waals surface area contributed by atoms with Crippen LogP contribution in [0.3, 0.4) is 0 Å². The number of hydrogen-bond acceptors (Lipinski definition) is 3. The topological polar surface area (TPSA) is 55.4 Å². The highest BCUT2D eigenvalue weighted by molar-refractivity contribution is 5.95. The number of aryl methyl sites for hydroxylation is 1. The normalized spacial score (nSPS) is 12.9. The Hall–Kier alpha value is -2.62. The van der Waals surface area contributed by atoms with Crippen molar-refractivity contribution in [1.82, 2.24) is 0 Å². The van der Waals surface area contributed by atoms with Crippen LogP contribution in [0.25, 0.3) is 0 Å². The van der Waals surface area contributed by atoms with E-state index in [1.165, 1.54) is 0 Å². The number of anilines is 1. The number of carbonyl (C=O) groups is 2. The van der Waals surface area contributed by atoms with E-state index in [4.69, 9.17) is 4.74 Å². The van der Waals surface area contributed by atoms with Crippen LogP contribution < -0.4 is 5.32 Å². The van der Waals surface area contributed by atoms with Gasteiger partial charge in [-0.15, -0.1) is 0 Å². The molecule has 0 bridgehead atoms. The van der Waals surface area contributed by atoms with E-state index in [-0.39, 0.29) is 12.3 Å². The Kier molecular flexibility index (Phi) is 6.96. The first-order valence-corrected chi connectivity index (χ1v) is 9.05. The van der Waals surface area contributed by atoms with Gasteiger partial charge in [0.05, 0.1) is 6.42 Å². The van der Waals surface area contributed by atoms with Gasteiger partial charge in [-0.3, -0.25) is 9.59 Å². The zero-order valence-electron chi connectivity index (χ0n) is 15.9. The number of esters is 1. The minimum atomic E-state index is -0.849. The summed E-state index contributed by atoms with van der Waals surface area (Å²) in [5.74, 6) is -0.393. The molecule has 0 radical (unpaired) electrons. The molecule has 0 fully saturated rings. The van der Waals surface area contributed by atoms with Gasteiger partial charge in [-0.25, -0.2) is 0 Å². The fourth-order valence-corrected chi connectivity index (χ4v) is 2.66. The molecule has 138 valence electrons. The SMILES string of the molecule is CC[C@H](C)c1ccccc1NC(=O)[C@@H](C)OC(=O)Cc1ccc(C)cc1. The maximum Gasteiger partial charge on any atom is 0.311 e. The van der Waals surface area contributed by atoms with Gasteiger partial charge < -0.3 is 10.1 Å². The average Bonchev–Trinajstić information content (AvgIpc) is 2.63. The van der Waals surface area contributed by atoms with E-state index in [0.29, 0.717) is 5.92 Å². The molecule has 0 saturated carbocycles. The molecule has 26 heavy (non-hydrogen) atoms. The molecule has 0 unspecified atom stereocenters. The average molecular weight is 353 g/mol. The standard InChI is InChI=1S/C22H27NO3/c1-5-16(3)19-8-6-7-9-20(19)23-22(25)17(4)26-21(24)14-18-12-10-15(2)11-13-18/h6-13,16-17H,5,14H2,1-4H3,(H,23,25)/t16-,17+/m0/s1. The van der Waals surface area contributed by atoms with Gasteiger partial charge in [-0.05, 0) is 43.4 Å². The Balaban J connectivity index is 1.95. The lowest BCUT2D eigenvalue weighted by molar-refractivity contribution is -0.152.